The van der Waals surface area contributed by atoms with Gasteiger partial charge in [-0.15, -0.1) is 0 Å². The van der Waals surface area contributed by atoms with Crippen LogP contribution in [0.2, 0.25) is 0 Å². The summed E-state index contributed by atoms with van der Waals surface area (Å²) in [7, 11) is 0. The van der Waals surface area contributed by atoms with E-state index in [9.17, 15) is 5.11 Å². The van der Waals surface area contributed by atoms with Crippen LogP contribution in [0.15, 0.2) is 54.6 Å². The predicted octanol–water partition coefficient (Wildman–Crippen LogP) is 2.86. The fourth-order valence-corrected chi connectivity index (χ4v) is 2.52. The molecule has 0 spiro atoms. The van der Waals surface area contributed by atoms with Gasteiger partial charge in [-0.1, -0.05) is 54.6 Å². The van der Waals surface area contributed by atoms with E-state index in [0.717, 1.165) is 11.1 Å². The van der Waals surface area contributed by atoms with Gasteiger partial charge >= 0.3 is 0 Å². The van der Waals surface area contributed by atoms with E-state index in [-0.39, 0.29) is 12.5 Å². The minimum absolute atomic E-state index is 0.0760. The van der Waals surface area contributed by atoms with Crippen molar-refractivity contribution in [2.24, 2.45) is 0 Å². The van der Waals surface area contributed by atoms with Gasteiger partial charge in [-0.25, -0.2) is 0 Å². The number of nitrogens with zero attached hydrogens (tertiary/aromatic N) is 1. The van der Waals surface area contributed by atoms with Crippen LogP contribution in [0.3, 0.4) is 0 Å². The third-order valence-electron chi connectivity index (χ3n) is 3.40. The zero-order valence-electron chi connectivity index (χ0n) is 10.3. The third kappa shape index (κ3) is 1.91. The molecule has 94 valence electrons. The summed E-state index contributed by atoms with van der Waals surface area (Å²) in [5.74, 6) is -1.51. The molecule has 0 saturated heterocycles. The number of nitriles is 1. The van der Waals surface area contributed by atoms with Crippen molar-refractivity contribution in [1.82, 2.24) is 0 Å². The lowest BCUT2D eigenvalue weighted by molar-refractivity contribution is -0.211. The Morgan fingerprint density at radius 2 is 1.79 bits per heavy atom. The van der Waals surface area contributed by atoms with Crippen LogP contribution < -0.4 is 0 Å². The summed E-state index contributed by atoms with van der Waals surface area (Å²) >= 11 is 0. The average molecular weight is 251 g/mol. The Morgan fingerprint density at radius 1 is 1.11 bits per heavy atom. The van der Waals surface area contributed by atoms with Crippen molar-refractivity contribution in [2.75, 3.05) is 0 Å². The second-order valence-corrected chi connectivity index (χ2v) is 4.62. The summed E-state index contributed by atoms with van der Waals surface area (Å²) < 4.78 is 5.78. The zero-order chi connectivity index (χ0) is 13.3. The van der Waals surface area contributed by atoms with Crippen LogP contribution in [0, 0.1) is 11.3 Å². The van der Waals surface area contributed by atoms with Crippen LogP contribution in [-0.2, 0) is 10.5 Å². The van der Waals surface area contributed by atoms with Gasteiger partial charge in [-0.3, -0.25) is 0 Å². The van der Waals surface area contributed by atoms with Crippen LogP contribution in [0.4, 0.5) is 0 Å². The Morgan fingerprint density at radius 3 is 2.53 bits per heavy atom. The van der Waals surface area contributed by atoms with E-state index in [1.165, 1.54) is 0 Å². The zero-order valence-corrected chi connectivity index (χ0v) is 10.3. The summed E-state index contributed by atoms with van der Waals surface area (Å²) in [6.45, 7) is 0. The van der Waals surface area contributed by atoms with Crippen molar-refractivity contribution in [3.05, 3.63) is 71.3 Å². The van der Waals surface area contributed by atoms with Crippen molar-refractivity contribution in [1.29, 1.82) is 5.26 Å². The normalized spacial score (nSPS) is 24.7. The summed E-state index contributed by atoms with van der Waals surface area (Å²) in [6.07, 6.45) is -0.399. The van der Waals surface area contributed by atoms with Gasteiger partial charge in [0.1, 0.15) is 6.10 Å². The number of aliphatic hydroxyl groups is 1. The summed E-state index contributed by atoms with van der Waals surface area (Å²) in [6, 6.07) is 19.2. The molecule has 3 heteroatoms. The summed E-state index contributed by atoms with van der Waals surface area (Å²) in [5, 5.41) is 19.4. The first kappa shape index (κ1) is 11.9. The molecule has 19 heavy (non-hydrogen) atoms. The Bertz CT molecular complexity index is 633. The molecule has 2 unspecified atom stereocenters. The smallest absolute Gasteiger partial charge is 0.207 e. The Labute approximate surface area is 111 Å². The van der Waals surface area contributed by atoms with Crippen molar-refractivity contribution >= 4 is 0 Å². The van der Waals surface area contributed by atoms with Crippen LogP contribution in [0.5, 0.6) is 0 Å². The topological polar surface area (TPSA) is 53.2 Å². The SMILES string of the molecule is N#CCC1(O)OC(c2ccccc2)c2ccccc21. The Balaban J connectivity index is 2.10. The number of hydrogen-bond donors (Lipinski definition) is 1. The van der Waals surface area contributed by atoms with E-state index in [2.05, 4.69) is 0 Å². The molecule has 1 aliphatic heterocycles. The molecule has 0 aromatic heterocycles. The van der Waals surface area contributed by atoms with Crippen molar-refractivity contribution in [3.63, 3.8) is 0 Å². The molecule has 0 saturated carbocycles. The van der Waals surface area contributed by atoms with E-state index in [4.69, 9.17) is 10.00 Å². The summed E-state index contributed by atoms with van der Waals surface area (Å²) in [4.78, 5) is 0. The minimum Gasteiger partial charge on any atom is -0.361 e. The van der Waals surface area contributed by atoms with Gasteiger partial charge in [-0.2, -0.15) is 5.26 Å². The standard InChI is InChI=1S/C16H13NO2/c17-11-10-16(18)14-9-5-4-8-13(14)15(19-16)12-6-2-1-3-7-12/h1-9,15,18H,10H2. The van der Waals surface area contributed by atoms with Gasteiger partial charge < -0.3 is 9.84 Å². The molecule has 3 rings (SSSR count). The average Bonchev–Trinajstić information content (AvgIpc) is 2.75. The first-order valence-electron chi connectivity index (χ1n) is 6.16. The first-order chi connectivity index (χ1) is 9.24. The lowest BCUT2D eigenvalue weighted by Crippen LogP contribution is -2.24. The predicted molar refractivity (Wildman–Crippen MR) is 69.9 cm³/mol. The molecule has 0 aliphatic carbocycles. The highest BCUT2D eigenvalue weighted by Gasteiger charge is 2.43. The fraction of sp³-hybridized carbons (Fsp3) is 0.188. The maximum absolute atomic E-state index is 10.5. The van der Waals surface area contributed by atoms with E-state index in [1.54, 1.807) is 0 Å². The van der Waals surface area contributed by atoms with Crippen LogP contribution in [0.1, 0.15) is 29.2 Å². The van der Waals surface area contributed by atoms with Crippen LogP contribution in [-0.4, -0.2) is 5.11 Å². The molecule has 0 fully saturated rings. The van der Waals surface area contributed by atoms with Crippen molar-refractivity contribution < 1.29 is 9.84 Å². The molecule has 0 bridgehead atoms. The molecular weight excluding hydrogens is 238 g/mol. The van der Waals surface area contributed by atoms with Crippen LogP contribution >= 0.6 is 0 Å². The quantitative estimate of drug-likeness (QED) is 0.892. The van der Waals surface area contributed by atoms with E-state index >= 15 is 0 Å². The molecule has 2 aromatic carbocycles. The maximum Gasteiger partial charge on any atom is 0.207 e. The molecular formula is C16H13NO2. The molecule has 2 aromatic rings. The molecule has 1 N–H and O–H groups in total. The van der Waals surface area contributed by atoms with Crippen molar-refractivity contribution in [2.45, 2.75) is 18.3 Å². The van der Waals surface area contributed by atoms with Crippen molar-refractivity contribution in [3.8, 4) is 6.07 Å². The van der Waals surface area contributed by atoms with Gasteiger partial charge in [0.05, 0.1) is 12.5 Å². The number of ether oxygens (including phenoxy) is 1. The van der Waals surface area contributed by atoms with E-state index in [0.29, 0.717) is 5.56 Å². The second-order valence-electron chi connectivity index (χ2n) is 4.62. The Hall–Kier alpha value is -2.15. The molecule has 1 aliphatic rings. The highest BCUT2D eigenvalue weighted by molar-refractivity contribution is 5.42. The number of benzene rings is 2. The number of fused-ring (bicyclic) bond motifs is 1. The molecule has 0 radical (unpaired) electrons. The largest absolute Gasteiger partial charge is 0.361 e. The molecule has 3 nitrogen and oxygen atoms in total. The number of hydrogen-bond acceptors (Lipinski definition) is 3. The van der Waals surface area contributed by atoms with E-state index < -0.39 is 5.79 Å². The lowest BCUT2D eigenvalue weighted by atomic mass is 9.95. The molecule has 1 heterocycles. The highest BCUT2D eigenvalue weighted by Crippen LogP contribution is 2.46. The van der Waals surface area contributed by atoms with Gasteiger partial charge in [0, 0.05) is 5.56 Å². The maximum atomic E-state index is 10.5. The fourth-order valence-electron chi connectivity index (χ4n) is 2.52. The minimum atomic E-state index is -1.51. The van der Waals surface area contributed by atoms with Gasteiger partial charge in [0.2, 0.25) is 5.79 Å². The lowest BCUT2D eigenvalue weighted by Gasteiger charge is -2.21. The highest BCUT2D eigenvalue weighted by atomic mass is 16.6. The summed E-state index contributed by atoms with van der Waals surface area (Å²) in [5.41, 5.74) is 2.58. The van der Waals surface area contributed by atoms with E-state index in [1.807, 2.05) is 60.7 Å². The molecule has 2 atom stereocenters. The monoisotopic (exact) mass is 251 g/mol. The van der Waals surface area contributed by atoms with Crippen LogP contribution in [0.25, 0.3) is 0 Å². The molecule has 0 amide bonds. The van der Waals surface area contributed by atoms with Gasteiger partial charge in [-0.05, 0) is 11.1 Å². The Kier molecular flexibility index (Phi) is 2.83. The first-order valence-corrected chi connectivity index (χ1v) is 6.16. The third-order valence-corrected chi connectivity index (χ3v) is 3.40. The number of rotatable bonds is 2. The van der Waals surface area contributed by atoms with Gasteiger partial charge in [0.25, 0.3) is 0 Å². The second kappa shape index (κ2) is 4.51. The van der Waals surface area contributed by atoms with Gasteiger partial charge in [0.15, 0.2) is 0 Å².